The van der Waals surface area contributed by atoms with Gasteiger partial charge >= 0.3 is 12.1 Å². The molecule has 0 spiro atoms. The minimum atomic E-state index is -1.01. The Morgan fingerprint density at radius 2 is 1.60 bits per heavy atom. The number of carbonyl (C=O) groups is 6. The average Bonchev–Trinajstić information content (AvgIpc) is 3.96. The smallest absolute Gasteiger partial charge is 0.333 e. The number of benzene rings is 1. The lowest BCUT2D eigenvalue weighted by atomic mass is 9.84. The Balaban J connectivity index is 0.00000435. The Bertz CT molecular complexity index is 1630. The van der Waals surface area contributed by atoms with Gasteiger partial charge in [0.05, 0.1) is 12.1 Å². The number of imide groups is 1. The van der Waals surface area contributed by atoms with Crippen molar-refractivity contribution in [2.75, 3.05) is 19.6 Å². The maximum Gasteiger partial charge on any atom is 0.336 e. The molecule has 2 saturated heterocycles. The van der Waals surface area contributed by atoms with Crippen LogP contribution in [0.2, 0.25) is 0 Å². The van der Waals surface area contributed by atoms with Crippen molar-refractivity contribution in [1.29, 1.82) is 0 Å². The van der Waals surface area contributed by atoms with E-state index in [2.05, 4.69) is 35.2 Å². The number of nitrogens with one attached hydrogen (secondary N) is 4. The molecule has 2 saturated carbocycles. The third-order valence-electron chi connectivity index (χ3n) is 12.4. The van der Waals surface area contributed by atoms with Crippen LogP contribution in [0.4, 0.5) is 9.59 Å². The van der Waals surface area contributed by atoms with Gasteiger partial charge in [-0.3, -0.25) is 29.5 Å². The number of piperidine rings is 2. The predicted octanol–water partition coefficient (Wildman–Crippen LogP) is 6.36. The number of amides is 8. The molecule has 0 bridgehead atoms. The van der Waals surface area contributed by atoms with Crippen molar-refractivity contribution >= 4 is 35.7 Å². The summed E-state index contributed by atoms with van der Waals surface area (Å²) in [6, 6.07) is 5.89. The highest BCUT2D eigenvalue weighted by Gasteiger charge is 2.70. The van der Waals surface area contributed by atoms with Crippen molar-refractivity contribution in [3.05, 3.63) is 35.9 Å². The van der Waals surface area contributed by atoms with E-state index in [1.54, 1.807) is 4.90 Å². The number of hydrazine groups is 1. The standard InChI is InChI=1S/C42H65N7O6.4H2/c1-11-15-28-20-21-31(50)47(36(28)52)24-30(40(3,4)5)44-38(54)45-34(41(6,7)8)37(53)48-23-29-32(42(29,9)10)33(48)35(51)46-49(22-26-18-19-26)39(55)43-25(2)27-16-13-12-14-17-27;;;;/h12-14,16-17,25-26,28-30,32-34H,11,15,18-24H2,1-10H3,(H,43,55)(H,46,51)(H2,44,45,54);4*1H/t25-,28?,29-,30+,32?,33-,34+;;;;/m0..../s1. The minimum absolute atomic E-state index is 0. The van der Waals surface area contributed by atoms with Gasteiger partial charge in [0, 0.05) is 37.7 Å². The summed E-state index contributed by atoms with van der Waals surface area (Å²) >= 11 is 0. The van der Waals surface area contributed by atoms with Gasteiger partial charge in [0.15, 0.2) is 0 Å². The summed E-state index contributed by atoms with van der Waals surface area (Å²) in [5.74, 6) is -1.18. The molecule has 2 unspecified atom stereocenters. The zero-order valence-corrected chi connectivity index (χ0v) is 34.7. The van der Waals surface area contributed by atoms with E-state index < -0.39 is 46.9 Å². The summed E-state index contributed by atoms with van der Waals surface area (Å²) < 4.78 is 0. The van der Waals surface area contributed by atoms with E-state index in [-0.39, 0.29) is 59.2 Å². The maximum absolute atomic E-state index is 14.6. The molecule has 0 aromatic heterocycles. The maximum atomic E-state index is 14.6. The van der Waals surface area contributed by atoms with Gasteiger partial charge < -0.3 is 20.9 Å². The first kappa shape index (κ1) is 42.0. The summed E-state index contributed by atoms with van der Waals surface area (Å²) in [6.45, 7) is 20.3. The third kappa shape index (κ3) is 9.63. The second kappa shape index (κ2) is 16.1. The highest BCUT2D eigenvalue weighted by atomic mass is 16.2. The van der Waals surface area contributed by atoms with Gasteiger partial charge in [-0.1, -0.05) is 99.1 Å². The number of fused-ring (bicyclic) bond motifs is 1. The van der Waals surface area contributed by atoms with E-state index in [1.807, 2.05) is 85.7 Å². The molecule has 2 heterocycles. The van der Waals surface area contributed by atoms with Crippen molar-refractivity contribution in [2.45, 2.75) is 132 Å². The fourth-order valence-electron chi connectivity index (χ4n) is 8.41. The fraction of sp³-hybridized carbons (Fsp3) is 0.714. The molecule has 1 aromatic carbocycles. The SMILES string of the molecule is CCCC1CCC(=O)N(C[C@@H](NC(=O)N[C@H](C(=O)N2C[C@H]3C([C@H]2C(=O)NN(CC2CC2)C(=O)N[C@@H](C)c2ccccc2)C3(C)C)C(C)(C)C)C(C)(C)C)C1=O.[HH].[HH].[HH].[HH]. The molecule has 312 valence electrons. The largest absolute Gasteiger partial charge is 0.336 e. The molecule has 2 aliphatic heterocycles. The van der Waals surface area contributed by atoms with Crippen LogP contribution in [0.25, 0.3) is 0 Å². The number of hydrogen-bond donors (Lipinski definition) is 4. The Labute approximate surface area is 333 Å². The summed E-state index contributed by atoms with van der Waals surface area (Å²) in [7, 11) is 0. The molecule has 2 aliphatic carbocycles. The van der Waals surface area contributed by atoms with Crippen LogP contribution in [0.15, 0.2) is 30.3 Å². The first-order chi connectivity index (χ1) is 25.6. The van der Waals surface area contributed by atoms with Gasteiger partial charge in [0.25, 0.3) is 5.91 Å². The van der Waals surface area contributed by atoms with Crippen LogP contribution < -0.4 is 21.4 Å². The Morgan fingerprint density at radius 1 is 0.945 bits per heavy atom. The molecule has 4 fully saturated rings. The first-order valence-electron chi connectivity index (χ1n) is 20.3. The molecule has 5 rings (SSSR count). The van der Waals surface area contributed by atoms with Gasteiger partial charge in [0.1, 0.15) is 12.1 Å². The molecular weight excluding hydrogens is 699 g/mol. The van der Waals surface area contributed by atoms with E-state index in [4.69, 9.17) is 0 Å². The lowest BCUT2D eigenvalue weighted by molar-refractivity contribution is -0.152. The van der Waals surface area contributed by atoms with Crippen LogP contribution in [0.1, 0.15) is 125 Å². The molecule has 1 aromatic rings. The predicted molar refractivity (Wildman–Crippen MR) is 218 cm³/mol. The highest BCUT2D eigenvalue weighted by molar-refractivity contribution is 5.99. The molecule has 13 nitrogen and oxygen atoms in total. The van der Waals surface area contributed by atoms with Crippen molar-refractivity contribution in [3.8, 4) is 0 Å². The number of urea groups is 2. The number of carbonyl (C=O) groups excluding carboxylic acids is 6. The molecule has 13 heteroatoms. The van der Waals surface area contributed by atoms with E-state index in [1.165, 1.54) is 9.91 Å². The number of likely N-dealkylation sites (tertiary alicyclic amines) is 2. The van der Waals surface area contributed by atoms with E-state index in [0.29, 0.717) is 38.3 Å². The van der Waals surface area contributed by atoms with Crippen molar-refractivity contribution in [1.82, 2.24) is 36.2 Å². The fourth-order valence-corrected chi connectivity index (χ4v) is 8.41. The number of hydrogen-bond acceptors (Lipinski definition) is 6. The molecule has 4 aliphatic rings. The van der Waals surface area contributed by atoms with Crippen LogP contribution in [0.3, 0.4) is 0 Å². The summed E-state index contributed by atoms with van der Waals surface area (Å²) in [6.07, 6.45) is 4.32. The number of rotatable bonds is 12. The molecular formula is C42H73N7O6. The van der Waals surface area contributed by atoms with Crippen LogP contribution in [-0.2, 0) is 19.2 Å². The lowest BCUT2D eigenvalue weighted by Gasteiger charge is -2.40. The van der Waals surface area contributed by atoms with Gasteiger partial charge in [0.2, 0.25) is 17.7 Å². The zero-order chi connectivity index (χ0) is 40.6. The molecule has 4 N–H and O–H groups in total. The lowest BCUT2D eigenvalue weighted by Crippen LogP contribution is -2.63. The van der Waals surface area contributed by atoms with Crippen LogP contribution >= 0.6 is 0 Å². The minimum Gasteiger partial charge on any atom is -0.333 e. The molecule has 7 atom stereocenters. The third-order valence-corrected chi connectivity index (χ3v) is 12.4. The second-order valence-electron chi connectivity index (χ2n) is 19.2. The normalized spacial score (nSPS) is 25.0. The van der Waals surface area contributed by atoms with E-state index in [9.17, 15) is 28.8 Å². The average molecular weight is 772 g/mol. The summed E-state index contributed by atoms with van der Waals surface area (Å²) in [5, 5.41) is 10.3. The Morgan fingerprint density at radius 3 is 2.18 bits per heavy atom. The van der Waals surface area contributed by atoms with Gasteiger partial charge in [-0.2, -0.15) is 0 Å². The number of nitrogens with zero attached hydrogens (tertiary/aromatic N) is 3. The molecule has 0 radical (unpaired) electrons. The van der Waals surface area contributed by atoms with Gasteiger partial charge in [-0.15, -0.1) is 0 Å². The van der Waals surface area contributed by atoms with Crippen molar-refractivity contribution in [3.63, 3.8) is 0 Å². The quantitative estimate of drug-likeness (QED) is 0.143. The van der Waals surface area contributed by atoms with Crippen LogP contribution in [0, 0.1) is 39.9 Å². The summed E-state index contributed by atoms with van der Waals surface area (Å²) in [5.41, 5.74) is 2.41. The van der Waals surface area contributed by atoms with E-state index >= 15 is 0 Å². The monoisotopic (exact) mass is 772 g/mol. The molecule has 55 heavy (non-hydrogen) atoms. The molecule has 8 amide bonds. The van der Waals surface area contributed by atoms with Gasteiger partial charge in [-0.05, 0) is 72.2 Å². The van der Waals surface area contributed by atoms with Crippen molar-refractivity contribution < 1.29 is 34.5 Å². The van der Waals surface area contributed by atoms with E-state index in [0.717, 1.165) is 24.8 Å². The highest BCUT2D eigenvalue weighted by Crippen LogP contribution is 2.65. The Kier molecular flexibility index (Phi) is 12.3. The second-order valence-corrected chi connectivity index (χ2v) is 19.2. The summed E-state index contributed by atoms with van der Waals surface area (Å²) in [4.78, 5) is 85.6. The van der Waals surface area contributed by atoms with Crippen molar-refractivity contribution in [2.24, 2.45) is 39.9 Å². The van der Waals surface area contributed by atoms with Gasteiger partial charge in [-0.25, -0.2) is 14.6 Å². The topological polar surface area (TPSA) is 160 Å². The Hall–Kier alpha value is -4.16. The first-order valence-corrected chi connectivity index (χ1v) is 20.3. The van der Waals surface area contributed by atoms with Crippen LogP contribution in [0.5, 0.6) is 0 Å². The van der Waals surface area contributed by atoms with Crippen LogP contribution in [-0.4, -0.2) is 88.3 Å². The zero-order valence-electron chi connectivity index (χ0n) is 34.7.